The zero-order valence-corrected chi connectivity index (χ0v) is 12.6. The fraction of sp³-hybridized carbons (Fsp3) is 0.267. The number of hydrogen-bond donors (Lipinski definition) is 0. The maximum absolute atomic E-state index is 11.0. The molecule has 0 aliphatic carbocycles. The van der Waals surface area contributed by atoms with Crippen LogP contribution in [0.2, 0.25) is 0 Å². The third kappa shape index (κ3) is 2.03. The van der Waals surface area contributed by atoms with Crippen molar-refractivity contribution in [1.29, 1.82) is 0 Å². The Morgan fingerprint density at radius 2 is 1.61 bits per heavy atom. The van der Waals surface area contributed by atoms with E-state index in [2.05, 4.69) is 46.5 Å². The van der Waals surface area contributed by atoms with Crippen LogP contribution in [-0.4, -0.2) is 10.9 Å². The summed E-state index contributed by atoms with van der Waals surface area (Å²) in [6.45, 7) is 8.19. The van der Waals surface area contributed by atoms with Gasteiger partial charge < -0.3 is 4.57 Å². The van der Waals surface area contributed by atoms with Crippen molar-refractivity contribution in [1.82, 2.24) is 4.57 Å². The summed E-state index contributed by atoms with van der Waals surface area (Å²) in [5, 5.41) is 0. The van der Waals surface area contributed by atoms with E-state index in [0.29, 0.717) is 0 Å². The second-order valence-corrected chi connectivity index (χ2v) is 5.58. The lowest BCUT2D eigenvalue weighted by Gasteiger charge is -2.16. The largest absolute Gasteiger partial charge is 0.317 e. The van der Waals surface area contributed by atoms with Gasteiger partial charge in [-0.2, -0.15) is 0 Å². The van der Waals surface area contributed by atoms with Crippen molar-refractivity contribution in [3.05, 3.63) is 50.8 Å². The Bertz CT molecular complexity index is 603. The van der Waals surface area contributed by atoms with E-state index in [9.17, 15) is 4.79 Å². The maximum atomic E-state index is 11.0. The molecule has 3 heteroatoms. The molecule has 94 valence electrons. The number of carbonyl (C=O) groups excluding carboxylic acids is 1. The van der Waals surface area contributed by atoms with Crippen LogP contribution < -0.4 is 0 Å². The van der Waals surface area contributed by atoms with E-state index in [0.717, 1.165) is 27.7 Å². The lowest BCUT2D eigenvalue weighted by Crippen LogP contribution is -2.04. The minimum absolute atomic E-state index is 0.759. The molecule has 0 fully saturated rings. The molecule has 0 spiro atoms. The van der Waals surface area contributed by atoms with Crippen molar-refractivity contribution in [3.8, 4) is 5.69 Å². The van der Waals surface area contributed by atoms with Crippen molar-refractivity contribution >= 4 is 22.2 Å². The molecule has 18 heavy (non-hydrogen) atoms. The van der Waals surface area contributed by atoms with Gasteiger partial charge in [0.05, 0.1) is 5.69 Å². The predicted octanol–water partition coefficient (Wildman–Crippen LogP) is 4.29. The van der Waals surface area contributed by atoms with Gasteiger partial charge in [0, 0.05) is 21.4 Å². The number of halogens is 1. The van der Waals surface area contributed by atoms with Crippen LogP contribution in [0.15, 0.2) is 22.7 Å². The predicted molar refractivity (Wildman–Crippen MR) is 77.8 cm³/mol. The molecule has 0 saturated heterocycles. The molecule has 0 aliphatic heterocycles. The summed E-state index contributed by atoms with van der Waals surface area (Å²) < 4.78 is 3.24. The van der Waals surface area contributed by atoms with Crippen molar-refractivity contribution in [3.63, 3.8) is 0 Å². The molecule has 2 aromatic rings. The quantitative estimate of drug-likeness (QED) is 0.759. The van der Waals surface area contributed by atoms with Gasteiger partial charge in [-0.05, 0) is 57.0 Å². The Balaban J connectivity index is 2.77. The normalized spacial score (nSPS) is 10.7. The number of aromatic nitrogens is 1. The zero-order valence-electron chi connectivity index (χ0n) is 11.0. The molecule has 2 nitrogen and oxygen atoms in total. The minimum Gasteiger partial charge on any atom is -0.317 e. The van der Waals surface area contributed by atoms with Gasteiger partial charge in [0.25, 0.3) is 0 Å². The Hall–Kier alpha value is -1.35. The van der Waals surface area contributed by atoms with Gasteiger partial charge in [0.2, 0.25) is 0 Å². The van der Waals surface area contributed by atoms with E-state index < -0.39 is 0 Å². The Kier molecular flexibility index (Phi) is 3.44. The van der Waals surface area contributed by atoms with Gasteiger partial charge in [-0.15, -0.1) is 0 Å². The summed E-state index contributed by atoms with van der Waals surface area (Å²) in [6.07, 6.45) is 0.919. The fourth-order valence-corrected chi connectivity index (χ4v) is 3.19. The number of benzene rings is 1. The second-order valence-electron chi connectivity index (χ2n) is 4.67. The van der Waals surface area contributed by atoms with Crippen molar-refractivity contribution in [2.75, 3.05) is 0 Å². The number of nitrogens with zero attached hydrogens (tertiary/aromatic N) is 1. The standard InChI is InChI=1S/C15H16BrNO/c1-9-5-14(16)6-10(2)15(9)17-11(3)7-13(8-18)12(17)4/h5-8H,1-4H3. The molecule has 1 aromatic carbocycles. The molecule has 1 heterocycles. The molecule has 0 atom stereocenters. The first-order valence-corrected chi connectivity index (χ1v) is 6.66. The highest BCUT2D eigenvalue weighted by Gasteiger charge is 2.14. The van der Waals surface area contributed by atoms with Gasteiger partial charge in [0.1, 0.15) is 0 Å². The molecular formula is C15H16BrNO. The van der Waals surface area contributed by atoms with E-state index in [4.69, 9.17) is 0 Å². The van der Waals surface area contributed by atoms with Crippen LogP contribution in [0.25, 0.3) is 5.69 Å². The molecule has 0 radical (unpaired) electrons. The van der Waals surface area contributed by atoms with Crippen molar-refractivity contribution in [2.45, 2.75) is 27.7 Å². The van der Waals surface area contributed by atoms with E-state index in [1.54, 1.807) is 0 Å². The zero-order chi connectivity index (χ0) is 13.4. The van der Waals surface area contributed by atoms with Gasteiger partial charge in [-0.3, -0.25) is 4.79 Å². The summed E-state index contributed by atoms with van der Waals surface area (Å²) in [5.41, 5.74) is 6.40. The van der Waals surface area contributed by atoms with Crippen LogP contribution in [0.4, 0.5) is 0 Å². The number of aryl methyl sites for hydroxylation is 3. The maximum Gasteiger partial charge on any atom is 0.151 e. The van der Waals surface area contributed by atoms with Crippen LogP contribution in [0, 0.1) is 27.7 Å². The monoisotopic (exact) mass is 305 g/mol. The molecule has 0 bridgehead atoms. The Labute approximate surface area is 116 Å². The Morgan fingerprint density at radius 1 is 1.06 bits per heavy atom. The average Bonchev–Trinajstić information content (AvgIpc) is 2.55. The van der Waals surface area contributed by atoms with Gasteiger partial charge in [-0.1, -0.05) is 15.9 Å². The highest BCUT2D eigenvalue weighted by molar-refractivity contribution is 9.10. The highest BCUT2D eigenvalue weighted by Crippen LogP contribution is 2.28. The van der Waals surface area contributed by atoms with Crippen LogP contribution in [0.3, 0.4) is 0 Å². The lowest BCUT2D eigenvalue weighted by molar-refractivity contribution is 0.112. The lowest BCUT2D eigenvalue weighted by atomic mass is 10.1. The third-order valence-electron chi connectivity index (χ3n) is 3.28. The van der Waals surface area contributed by atoms with Crippen molar-refractivity contribution in [2.24, 2.45) is 0 Å². The van der Waals surface area contributed by atoms with Gasteiger partial charge >= 0.3 is 0 Å². The molecule has 2 rings (SSSR count). The SMILES string of the molecule is Cc1cc(Br)cc(C)c1-n1c(C)cc(C=O)c1C. The molecule has 0 unspecified atom stereocenters. The first-order valence-electron chi connectivity index (χ1n) is 5.87. The van der Waals surface area contributed by atoms with E-state index in [1.165, 1.54) is 16.8 Å². The van der Waals surface area contributed by atoms with E-state index in [1.807, 2.05) is 19.9 Å². The number of aldehydes is 1. The summed E-state index contributed by atoms with van der Waals surface area (Å²) in [6, 6.07) is 6.13. The summed E-state index contributed by atoms with van der Waals surface area (Å²) >= 11 is 3.51. The number of rotatable bonds is 2. The van der Waals surface area contributed by atoms with Crippen LogP contribution in [0.1, 0.15) is 32.9 Å². The van der Waals surface area contributed by atoms with Crippen LogP contribution >= 0.6 is 15.9 Å². The molecule has 0 saturated carbocycles. The summed E-state index contributed by atoms with van der Waals surface area (Å²) in [5.74, 6) is 0. The van der Waals surface area contributed by atoms with E-state index in [-0.39, 0.29) is 0 Å². The number of hydrogen-bond acceptors (Lipinski definition) is 1. The molecule has 0 amide bonds. The van der Waals surface area contributed by atoms with Gasteiger partial charge in [-0.25, -0.2) is 0 Å². The molecular weight excluding hydrogens is 290 g/mol. The smallest absolute Gasteiger partial charge is 0.151 e. The summed E-state index contributed by atoms with van der Waals surface area (Å²) in [7, 11) is 0. The molecule has 0 N–H and O–H groups in total. The average molecular weight is 306 g/mol. The second kappa shape index (κ2) is 4.73. The molecule has 0 aliphatic rings. The minimum atomic E-state index is 0.759. The summed E-state index contributed by atoms with van der Waals surface area (Å²) in [4.78, 5) is 11.0. The van der Waals surface area contributed by atoms with Crippen LogP contribution in [0.5, 0.6) is 0 Å². The number of carbonyl (C=O) groups is 1. The molecule has 1 aromatic heterocycles. The Morgan fingerprint density at radius 3 is 2.06 bits per heavy atom. The van der Waals surface area contributed by atoms with Crippen molar-refractivity contribution < 1.29 is 4.79 Å². The van der Waals surface area contributed by atoms with Crippen LogP contribution in [-0.2, 0) is 0 Å². The highest BCUT2D eigenvalue weighted by atomic mass is 79.9. The van der Waals surface area contributed by atoms with E-state index >= 15 is 0 Å². The first-order chi connectivity index (χ1) is 8.45. The third-order valence-corrected chi connectivity index (χ3v) is 3.73. The fourth-order valence-electron chi connectivity index (χ4n) is 2.51. The topological polar surface area (TPSA) is 22.0 Å². The van der Waals surface area contributed by atoms with Gasteiger partial charge in [0.15, 0.2) is 6.29 Å². The first kappa shape index (κ1) is 13.1.